The van der Waals surface area contributed by atoms with Crippen molar-refractivity contribution in [1.82, 2.24) is 0 Å². The van der Waals surface area contributed by atoms with E-state index in [1.54, 1.807) is 11.8 Å². The van der Waals surface area contributed by atoms with Crippen LogP contribution >= 0.6 is 31.2 Å². The van der Waals surface area contributed by atoms with Crippen LogP contribution in [0.1, 0.15) is 0 Å². The van der Waals surface area contributed by atoms with E-state index >= 15 is 0 Å². The fraction of sp³-hybridized carbons (Fsp3) is 0. The van der Waals surface area contributed by atoms with Crippen LogP contribution in [0.4, 0.5) is 25.2 Å². The molecular formula is C24H18ClF6PS2. The molecule has 180 valence electrons. The summed E-state index contributed by atoms with van der Waals surface area (Å²) in [6.45, 7) is 0. The Hall–Kier alpha value is -2.12. The Balaban J connectivity index is 0.000000406. The van der Waals surface area contributed by atoms with Gasteiger partial charge in [0, 0.05) is 4.90 Å². The molecule has 0 saturated carbocycles. The summed E-state index contributed by atoms with van der Waals surface area (Å²) in [5.74, 6) is 0. The molecule has 0 fully saturated rings. The number of rotatable bonds is 5. The molecule has 4 aromatic carbocycles. The molecule has 0 heterocycles. The summed E-state index contributed by atoms with van der Waals surface area (Å²) in [4.78, 5) is 6.27. The van der Waals surface area contributed by atoms with Crippen LogP contribution in [-0.2, 0) is 10.9 Å². The van der Waals surface area contributed by atoms with Crippen LogP contribution in [0.2, 0.25) is 5.02 Å². The molecule has 0 aliphatic carbocycles. The standard InChI is InChI=1S/C24H18ClS2.F6P/c25-21-15-7-8-16-22(21)26-23-17-9-10-18-24(23)27(19-11-3-1-4-12-19)20-13-5-2-6-14-20;1-7(2,3,4,5)6/h1-18H;/q+1;-1. The van der Waals surface area contributed by atoms with Crippen molar-refractivity contribution in [3.8, 4) is 0 Å². The van der Waals surface area contributed by atoms with Crippen LogP contribution in [0.15, 0.2) is 134 Å². The minimum absolute atomic E-state index is 0.170. The van der Waals surface area contributed by atoms with Gasteiger partial charge in [0.1, 0.15) is 10.9 Å². The van der Waals surface area contributed by atoms with Gasteiger partial charge < -0.3 is 0 Å². The summed E-state index contributed by atoms with van der Waals surface area (Å²) in [6, 6.07) is 38.1. The van der Waals surface area contributed by atoms with Crippen LogP contribution < -0.4 is 0 Å². The Bertz CT molecular complexity index is 1190. The van der Waals surface area contributed by atoms with Crippen molar-refractivity contribution >= 4 is 42.1 Å². The van der Waals surface area contributed by atoms with Gasteiger partial charge in [0.15, 0.2) is 14.7 Å². The van der Waals surface area contributed by atoms with Gasteiger partial charge in [-0.05, 0) is 48.5 Å². The number of hydrogen-bond donors (Lipinski definition) is 0. The number of hydrogen-bond acceptors (Lipinski definition) is 1. The molecule has 0 bridgehead atoms. The Morgan fingerprint density at radius 1 is 0.529 bits per heavy atom. The zero-order valence-corrected chi connectivity index (χ0v) is 20.6. The third kappa shape index (κ3) is 9.26. The quantitative estimate of drug-likeness (QED) is 0.135. The van der Waals surface area contributed by atoms with E-state index in [0.717, 1.165) is 9.92 Å². The molecular weight excluding hydrogens is 533 g/mol. The third-order valence-corrected chi connectivity index (χ3v) is 8.09. The van der Waals surface area contributed by atoms with E-state index in [9.17, 15) is 25.2 Å². The zero-order chi connectivity index (χ0) is 24.9. The third-order valence-electron chi connectivity index (χ3n) is 4.08. The Morgan fingerprint density at radius 2 is 0.912 bits per heavy atom. The van der Waals surface area contributed by atoms with Gasteiger partial charge >= 0.3 is 33.0 Å². The van der Waals surface area contributed by atoms with Gasteiger partial charge in [0.2, 0.25) is 0 Å². The van der Waals surface area contributed by atoms with Gasteiger partial charge in [0.25, 0.3) is 0 Å². The van der Waals surface area contributed by atoms with Gasteiger partial charge in [-0.2, -0.15) is 0 Å². The first-order chi connectivity index (χ1) is 15.8. The average Bonchev–Trinajstić information content (AvgIpc) is 2.76. The molecule has 0 spiro atoms. The molecule has 34 heavy (non-hydrogen) atoms. The summed E-state index contributed by atoms with van der Waals surface area (Å²) in [5.41, 5.74) is 0. The Kier molecular flexibility index (Phi) is 7.68. The van der Waals surface area contributed by atoms with E-state index in [1.807, 2.05) is 18.2 Å². The molecule has 0 radical (unpaired) electrons. The van der Waals surface area contributed by atoms with E-state index in [4.69, 9.17) is 11.6 Å². The zero-order valence-electron chi connectivity index (χ0n) is 17.3. The monoisotopic (exact) mass is 550 g/mol. The van der Waals surface area contributed by atoms with Gasteiger partial charge in [-0.15, -0.1) is 0 Å². The molecule has 0 aliphatic heterocycles. The minimum atomic E-state index is -10.7. The summed E-state index contributed by atoms with van der Waals surface area (Å²) in [7, 11) is -10.8. The molecule has 0 atom stereocenters. The molecule has 0 aromatic heterocycles. The molecule has 0 N–H and O–H groups in total. The molecule has 0 nitrogen and oxygen atoms in total. The molecule has 10 heteroatoms. The van der Waals surface area contributed by atoms with Crippen molar-refractivity contribution in [3.05, 3.63) is 114 Å². The number of halogens is 7. The first-order valence-electron chi connectivity index (χ1n) is 9.70. The van der Waals surface area contributed by atoms with Crippen molar-refractivity contribution < 1.29 is 25.2 Å². The maximum atomic E-state index is 9.87. The van der Waals surface area contributed by atoms with Gasteiger partial charge in [-0.3, -0.25) is 0 Å². The molecule has 4 rings (SSSR count). The second-order valence-electron chi connectivity index (χ2n) is 6.87. The topological polar surface area (TPSA) is 0 Å². The fourth-order valence-electron chi connectivity index (χ4n) is 2.85. The first kappa shape index (κ1) is 26.5. The maximum absolute atomic E-state index is 10.7. The van der Waals surface area contributed by atoms with Crippen LogP contribution in [0.25, 0.3) is 0 Å². The number of benzene rings is 4. The van der Waals surface area contributed by atoms with Gasteiger partial charge in [-0.25, -0.2) is 0 Å². The Labute approximate surface area is 205 Å². The van der Waals surface area contributed by atoms with Gasteiger partial charge in [0.05, 0.1) is 9.92 Å². The normalized spacial score (nSPS) is 13.4. The van der Waals surface area contributed by atoms with E-state index < -0.39 is 7.81 Å². The predicted octanol–water partition coefficient (Wildman–Crippen LogP) is 11.0. The summed E-state index contributed by atoms with van der Waals surface area (Å²) in [6.07, 6.45) is 0. The summed E-state index contributed by atoms with van der Waals surface area (Å²) < 4.78 is 59.2. The van der Waals surface area contributed by atoms with Crippen LogP contribution in [0.5, 0.6) is 0 Å². The van der Waals surface area contributed by atoms with Crippen molar-refractivity contribution in [2.45, 2.75) is 24.5 Å². The van der Waals surface area contributed by atoms with Crippen LogP contribution in [0, 0.1) is 0 Å². The van der Waals surface area contributed by atoms with Crippen molar-refractivity contribution in [2.75, 3.05) is 0 Å². The van der Waals surface area contributed by atoms with Crippen molar-refractivity contribution in [2.24, 2.45) is 0 Å². The predicted molar refractivity (Wildman–Crippen MR) is 131 cm³/mol. The second-order valence-corrected chi connectivity index (χ2v) is 12.3. The second kappa shape index (κ2) is 9.86. The van der Waals surface area contributed by atoms with E-state index in [0.29, 0.717) is 0 Å². The molecule has 0 saturated heterocycles. The molecule has 0 aliphatic rings. The molecule has 0 unspecified atom stereocenters. The van der Waals surface area contributed by atoms with Crippen LogP contribution in [0.3, 0.4) is 0 Å². The van der Waals surface area contributed by atoms with E-state index in [1.165, 1.54) is 19.6 Å². The average molecular weight is 551 g/mol. The first-order valence-corrected chi connectivity index (χ1v) is 14.1. The summed E-state index contributed by atoms with van der Waals surface area (Å²) >= 11 is 8.16. The van der Waals surface area contributed by atoms with Crippen molar-refractivity contribution in [3.63, 3.8) is 0 Å². The fourth-order valence-corrected chi connectivity index (χ4v) is 6.47. The molecule has 4 aromatic rings. The Morgan fingerprint density at radius 3 is 1.38 bits per heavy atom. The van der Waals surface area contributed by atoms with E-state index in [2.05, 4.69) is 91.0 Å². The van der Waals surface area contributed by atoms with Gasteiger partial charge in [-0.1, -0.05) is 84.0 Å². The van der Waals surface area contributed by atoms with Crippen molar-refractivity contribution in [1.29, 1.82) is 0 Å². The SMILES string of the molecule is Clc1ccccc1Sc1ccccc1[S+](c1ccccc1)c1ccccc1.F[P-](F)(F)(F)(F)F. The molecule has 0 amide bonds. The van der Waals surface area contributed by atoms with Crippen LogP contribution in [-0.4, -0.2) is 0 Å². The summed E-state index contributed by atoms with van der Waals surface area (Å²) in [5, 5.41) is 0.789. The van der Waals surface area contributed by atoms with E-state index in [-0.39, 0.29) is 10.9 Å².